The highest BCUT2D eigenvalue weighted by atomic mass is 32.3. The van der Waals surface area contributed by atoms with E-state index in [1.165, 1.54) is 70.0 Å². The van der Waals surface area contributed by atoms with Crippen molar-refractivity contribution in [3.63, 3.8) is 0 Å². The van der Waals surface area contributed by atoms with Gasteiger partial charge in [-0.15, -0.1) is 44.0 Å². The van der Waals surface area contributed by atoms with E-state index in [2.05, 4.69) is 121 Å². The monoisotopic (exact) mass is 602 g/mol. The molecule has 39 heavy (non-hydrogen) atoms. The molecule has 3 aromatic rings. The summed E-state index contributed by atoms with van der Waals surface area (Å²) in [6.45, 7) is 21.5. The molecule has 0 nitrogen and oxygen atoms in total. The maximum atomic E-state index is 2.69. The summed E-state index contributed by atoms with van der Waals surface area (Å²) in [5.41, 5.74) is 0.379. The first-order valence-electron chi connectivity index (χ1n) is 15.6. The first kappa shape index (κ1) is 31.4. The number of thiophene rings is 3. The number of fused-ring (bicyclic) bond motifs is 3. The van der Waals surface area contributed by atoms with Crippen molar-refractivity contribution in [2.75, 3.05) is 5.75 Å². The molecule has 4 heterocycles. The Labute approximate surface area is 254 Å². The fourth-order valence-corrected chi connectivity index (χ4v) is 16.1. The van der Waals surface area contributed by atoms with E-state index in [0.29, 0.717) is 0 Å². The van der Waals surface area contributed by atoms with E-state index in [4.69, 9.17) is 0 Å². The van der Waals surface area contributed by atoms with Gasteiger partial charge in [-0.2, -0.15) is 0 Å². The largest absolute Gasteiger partial charge is 0.148 e. The third-order valence-corrected chi connectivity index (χ3v) is 17.8. The highest BCUT2D eigenvalue weighted by Gasteiger charge is 2.46. The Hall–Kier alpha value is -0.550. The highest BCUT2D eigenvalue weighted by Crippen LogP contribution is 2.80. The first-order chi connectivity index (χ1) is 18.5. The van der Waals surface area contributed by atoms with Gasteiger partial charge in [-0.3, -0.25) is 0 Å². The molecule has 0 saturated carbocycles. The molecule has 0 bridgehead atoms. The smallest absolute Gasteiger partial charge is 0.0584 e. The number of hydrogen-bond acceptors (Lipinski definition) is 3. The molecule has 0 spiro atoms. The predicted molar refractivity (Wildman–Crippen MR) is 182 cm³/mol. The molecule has 3 aromatic heterocycles. The van der Waals surface area contributed by atoms with Crippen LogP contribution < -0.4 is 0 Å². The summed E-state index contributed by atoms with van der Waals surface area (Å²) in [4.78, 5) is 11.4. The van der Waals surface area contributed by atoms with Crippen LogP contribution in [0, 0.1) is 5.92 Å². The minimum absolute atomic E-state index is 0.190. The SMILES string of the molecule is CCCCCCC(CCCC)CS1(c2ccc(CCC)s2)c2cc(C(C)(C)C)sc2-c2sc(C(C)(C)C)cc21. The highest BCUT2D eigenvalue weighted by molar-refractivity contribution is 8.35. The summed E-state index contributed by atoms with van der Waals surface area (Å²) in [6.07, 6.45) is 13.4. The summed E-state index contributed by atoms with van der Waals surface area (Å²) in [6, 6.07) is 10.4. The molecule has 4 heteroatoms. The van der Waals surface area contributed by atoms with E-state index in [0.717, 1.165) is 5.92 Å². The summed E-state index contributed by atoms with van der Waals surface area (Å²) in [7, 11) is -1.27. The Morgan fingerprint density at radius 1 is 0.667 bits per heavy atom. The van der Waals surface area contributed by atoms with Crippen LogP contribution in [0.4, 0.5) is 0 Å². The normalized spacial score (nSPS) is 16.3. The van der Waals surface area contributed by atoms with Crippen molar-refractivity contribution in [1.82, 2.24) is 0 Å². The third-order valence-electron chi connectivity index (χ3n) is 8.23. The molecule has 4 rings (SSSR count). The average Bonchev–Trinajstić information content (AvgIpc) is 3.62. The molecule has 0 amide bonds. The van der Waals surface area contributed by atoms with Crippen LogP contribution in [0.2, 0.25) is 0 Å². The van der Waals surface area contributed by atoms with E-state index in [1.54, 1.807) is 38.4 Å². The van der Waals surface area contributed by atoms with Crippen molar-refractivity contribution in [2.45, 2.75) is 151 Å². The third kappa shape index (κ3) is 6.60. The van der Waals surface area contributed by atoms with Gasteiger partial charge < -0.3 is 0 Å². The lowest BCUT2D eigenvalue weighted by molar-refractivity contribution is 0.449. The zero-order valence-corrected chi connectivity index (χ0v) is 29.6. The minimum atomic E-state index is -1.27. The molecular formula is C35H54S4. The Kier molecular flexibility index (Phi) is 10.3. The molecule has 1 atom stereocenters. The fourth-order valence-electron chi connectivity index (χ4n) is 5.86. The van der Waals surface area contributed by atoms with E-state index in [9.17, 15) is 0 Å². The molecule has 0 radical (unpaired) electrons. The van der Waals surface area contributed by atoms with E-state index >= 15 is 0 Å². The van der Waals surface area contributed by atoms with E-state index < -0.39 is 10.0 Å². The first-order valence-corrected chi connectivity index (χ1v) is 19.9. The van der Waals surface area contributed by atoms with Crippen molar-refractivity contribution in [2.24, 2.45) is 5.92 Å². The van der Waals surface area contributed by atoms with Crippen LogP contribution >= 0.6 is 44.0 Å². The van der Waals surface area contributed by atoms with E-state index in [-0.39, 0.29) is 10.8 Å². The molecule has 0 saturated heterocycles. The molecule has 1 aliphatic heterocycles. The maximum Gasteiger partial charge on any atom is 0.0584 e. The Balaban J connectivity index is 1.92. The quantitative estimate of drug-likeness (QED) is 0.171. The number of hydrogen-bond donors (Lipinski definition) is 0. The lowest BCUT2D eigenvalue weighted by Gasteiger charge is -2.40. The fraction of sp³-hybridized carbons (Fsp3) is 0.657. The van der Waals surface area contributed by atoms with Gasteiger partial charge in [0.1, 0.15) is 0 Å². The van der Waals surface area contributed by atoms with Gasteiger partial charge in [0, 0.05) is 24.4 Å². The van der Waals surface area contributed by atoms with Gasteiger partial charge in [-0.1, -0.05) is 107 Å². The minimum Gasteiger partial charge on any atom is -0.148 e. The second-order valence-electron chi connectivity index (χ2n) is 13.8. The van der Waals surface area contributed by atoms with Crippen molar-refractivity contribution in [3.05, 3.63) is 38.9 Å². The lowest BCUT2D eigenvalue weighted by Crippen LogP contribution is -2.15. The molecular weight excluding hydrogens is 549 g/mol. The lowest BCUT2D eigenvalue weighted by atomic mass is 9.95. The second-order valence-corrected chi connectivity index (χ2v) is 20.5. The van der Waals surface area contributed by atoms with Gasteiger partial charge in [0.25, 0.3) is 0 Å². The Morgan fingerprint density at radius 3 is 1.74 bits per heavy atom. The second kappa shape index (κ2) is 12.8. The Bertz CT molecular complexity index is 1150. The van der Waals surface area contributed by atoms with Crippen LogP contribution in [0.5, 0.6) is 0 Å². The zero-order chi connectivity index (χ0) is 28.4. The standard InChI is InChI=1S/C35H54S4/c1-10-13-15-16-19-25(18-14-11-2)24-39(31-21-20-26(36-31)17-12-3)27-22-29(34(4,5)6)37-32(27)33-28(39)23-30(38-33)35(7,8)9/h20-23,25H,10-19,24H2,1-9H3. The zero-order valence-electron chi connectivity index (χ0n) is 26.3. The summed E-state index contributed by atoms with van der Waals surface area (Å²) in [5, 5.41) is 0. The van der Waals surface area contributed by atoms with Crippen LogP contribution in [0.3, 0.4) is 0 Å². The molecule has 0 aliphatic carbocycles. The molecule has 1 unspecified atom stereocenters. The van der Waals surface area contributed by atoms with Crippen LogP contribution in [0.25, 0.3) is 9.75 Å². The summed E-state index contributed by atoms with van der Waals surface area (Å²) < 4.78 is 1.69. The van der Waals surface area contributed by atoms with Crippen LogP contribution in [-0.4, -0.2) is 5.75 Å². The van der Waals surface area contributed by atoms with Crippen LogP contribution in [0.1, 0.15) is 135 Å². The topological polar surface area (TPSA) is 0 Å². The van der Waals surface area contributed by atoms with Crippen molar-refractivity contribution >= 4 is 44.0 Å². The van der Waals surface area contributed by atoms with Crippen LogP contribution in [0.15, 0.2) is 38.3 Å². The molecule has 0 N–H and O–H groups in total. The number of rotatable bonds is 13. The summed E-state index contributed by atoms with van der Waals surface area (Å²) in [5.74, 6) is 2.16. The molecule has 0 fully saturated rings. The van der Waals surface area contributed by atoms with Gasteiger partial charge in [0.05, 0.1) is 14.0 Å². The number of unbranched alkanes of at least 4 members (excludes halogenated alkanes) is 4. The predicted octanol–water partition coefficient (Wildman–Crippen LogP) is 13.5. The Morgan fingerprint density at radius 2 is 1.23 bits per heavy atom. The molecule has 218 valence electrons. The van der Waals surface area contributed by atoms with Crippen molar-refractivity contribution in [1.29, 1.82) is 0 Å². The molecule has 0 aromatic carbocycles. The van der Waals surface area contributed by atoms with Gasteiger partial charge in [0.15, 0.2) is 0 Å². The molecule has 1 aliphatic rings. The van der Waals surface area contributed by atoms with Crippen LogP contribution in [-0.2, 0) is 17.3 Å². The van der Waals surface area contributed by atoms with Gasteiger partial charge in [-0.05, 0) is 66.0 Å². The number of aryl methyl sites for hydroxylation is 1. The summed E-state index contributed by atoms with van der Waals surface area (Å²) >= 11 is 6.39. The van der Waals surface area contributed by atoms with Gasteiger partial charge in [0.2, 0.25) is 0 Å². The van der Waals surface area contributed by atoms with Crippen molar-refractivity contribution in [3.8, 4) is 9.75 Å². The van der Waals surface area contributed by atoms with E-state index in [1.807, 2.05) is 0 Å². The van der Waals surface area contributed by atoms with Gasteiger partial charge in [-0.25, -0.2) is 0 Å². The average molecular weight is 603 g/mol. The van der Waals surface area contributed by atoms with Gasteiger partial charge >= 0.3 is 0 Å². The van der Waals surface area contributed by atoms with Crippen molar-refractivity contribution < 1.29 is 0 Å². The maximum absolute atomic E-state index is 2.69.